The highest BCUT2D eigenvalue weighted by Crippen LogP contribution is 2.49. The van der Waals surface area contributed by atoms with Crippen LogP contribution >= 0.6 is 0 Å². The highest BCUT2D eigenvalue weighted by atomic mass is 15.0. The van der Waals surface area contributed by atoms with Gasteiger partial charge in [-0.15, -0.1) is 0 Å². The first-order valence-electron chi connectivity index (χ1n) is 15.3. The van der Waals surface area contributed by atoms with E-state index in [9.17, 15) is 10.5 Å². The topological polar surface area (TPSA) is 52.5 Å². The summed E-state index contributed by atoms with van der Waals surface area (Å²) in [4.78, 5) is 0. The van der Waals surface area contributed by atoms with Gasteiger partial charge < -0.3 is 4.57 Å². The van der Waals surface area contributed by atoms with E-state index < -0.39 is 0 Å². The van der Waals surface area contributed by atoms with Crippen molar-refractivity contribution in [1.29, 1.82) is 10.5 Å². The third-order valence-electron chi connectivity index (χ3n) is 9.63. The van der Waals surface area contributed by atoms with E-state index in [1.807, 2.05) is 42.5 Å². The third-order valence-corrected chi connectivity index (χ3v) is 9.63. The number of fused-ring (bicyclic) bond motifs is 5. The molecule has 0 amide bonds. The summed E-state index contributed by atoms with van der Waals surface area (Å²) >= 11 is 0. The molecule has 0 fully saturated rings. The normalized spacial score (nSPS) is 13.6. The zero-order valence-electron chi connectivity index (χ0n) is 25.1. The second kappa shape index (κ2) is 10.1. The van der Waals surface area contributed by atoms with Gasteiger partial charge in [0.05, 0.1) is 33.9 Å². The number of hydrogen-bond acceptors (Lipinski definition) is 2. The standard InChI is InChI=1S/C42H29N3/c1-42(2)36-15-6-3-12-33(36)40(34-13-4-7-16-37(34)42)29-21-19-28(20-22-29)31-14-9-10-30(26-44)41(31)45-38-17-8-5-11-32(38)35-24-27(25-43)18-23-39(35)45/h3-24,40H,1-2H3. The average molecular weight is 576 g/mol. The van der Waals surface area contributed by atoms with Crippen molar-refractivity contribution in [2.75, 3.05) is 0 Å². The molecule has 0 radical (unpaired) electrons. The van der Waals surface area contributed by atoms with Crippen LogP contribution in [-0.2, 0) is 5.41 Å². The van der Waals surface area contributed by atoms with Crippen molar-refractivity contribution in [3.8, 4) is 29.0 Å². The van der Waals surface area contributed by atoms with Gasteiger partial charge in [0.15, 0.2) is 0 Å². The van der Waals surface area contributed by atoms with Crippen LogP contribution in [0.2, 0.25) is 0 Å². The maximum absolute atomic E-state index is 10.4. The third kappa shape index (κ3) is 3.95. The summed E-state index contributed by atoms with van der Waals surface area (Å²) in [7, 11) is 0. The lowest BCUT2D eigenvalue weighted by Gasteiger charge is -2.39. The van der Waals surface area contributed by atoms with Gasteiger partial charge in [-0.25, -0.2) is 0 Å². The second-order valence-electron chi connectivity index (χ2n) is 12.4. The maximum Gasteiger partial charge on any atom is 0.101 e. The molecule has 0 saturated carbocycles. The summed E-state index contributed by atoms with van der Waals surface area (Å²) in [6.45, 7) is 4.65. The largest absolute Gasteiger partial charge is 0.307 e. The van der Waals surface area contributed by atoms with Crippen molar-refractivity contribution >= 4 is 21.8 Å². The first-order chi connectivity index (χ1) is 22.0. The van der Waals surface area contributed by atoms with Gasteiger partial charge in [-0.05, 0) is 63.7 Å². The van der Waals surface area contributed by atoms with E-state index >= 15 is 0 Å². The predicted octanol–water partition coefficient (Wildman–Crippen LogP) is 10.0. The highest BCUT2D eigenvalue weighted by molar-refractivity contribution is 6.10. The molecule has 0 atom stereocenters. The minimum atomic E-state index is -0.0768. The molecule has 8 rings (SSSR count). The van der Waals surface area contributed by atoms with Gasteiger partial charge in [-0.2, -0.15) is 10.5 Å². The Morgan fingerprint density at radius 3 is 1.93 bits per heavy atom. The second-order valence-corrected chi connectivity index (χ2v) is 12.4. The van der Waals surface area contributed by atoms with Crippen molar-refractivity contribution in [2.24, 2.45) is 0 Å². The SMILES string of the molecule is CC1(C)c2ccccc2C(c2ccc(-c3cccc(C#N)c3-n3c4ccccc4c4cc(C#N)ccc43)cc2)c2ccccc21. The van der Waals surface area contributed by atoms with Crippen molar-refractivity contribution in [3.63, 3.8) is 0 Å². The molecule has 7 aromatic rings. The van der Waals surface area contributed by atoms with Crippen molar-refractivity contribution in [3.05, 3.63) is 172 Å². The van der Waals surface area contributed by atoms with Crippen LogP contribution in [0.25, 0.3) is 38.6 Å². The van der Waals surface area contributed by atoms with E-state index in [2.05, 4.69) is 122 Å². The smallest absolute Gasteiger partial charge is 0.101 e. The van der Waals surface area contributed by atoms with Gasteiger partial charge >= 0.3 is 0 Å². The Hall–Kier alpha value is -5.90. The van der Waals surface area contributed by atoms with Gasteiger partial charge in [-0.1, -0.05) is 117 Å². The molecule has 3 nitrogen and oxygen atoms in total. The van der Waals surface area contributed by atoms with Crippen LogP contribution in [0.15, 0.2) is 133 Å². The van der Waals surface area contributed by atoms with Gasteiger partial charge in [0.1, 0.15) is 6.07 Å². The molecule has 212 valence electrons. The van der Waals surface area contributed by atoms with Crippen LogP contribution in [0.4, 0.5) is 0 Å². The van der Waals surface area contributed by atoms with Gasteiger partial charge in [-0.3, -0.25) is 0 Å². The number of para-hydroxylation sites is 2. The minimum Gasteiger partial charge on any atom is -0.307 e. The number of benzene rings is 6. The minimum absolute atomic E-state index is 0.0768. The first-order valence-corrected chi connectivity index (χ1v) is 15.3. The number of hydrogen-bond donors (Lipinski definition) is 0. The molecule has 1 heterocycles. The highest BCUT2D eigenvalue weighted by Gasteiger charge is 2.37. The number of nitriles is 2. The van der Waals surface area contributed by atoms with Crippen LogP contribution in [0.5, 0.6) is 0 Å². The fourth-order valence-corrected chi connectivity index (χ4v) is 7.55. The van der Waals surface area contributed by atoms with Gasteiger partial charge in [0.25, 0.3) is 0 Å². The lowest BCUT2D eigenvalue weighted by atomic mass is 9.64. The summed E-state index contributed by atoms with van der Waals surface area (Å²) in [5.41, 5.74) is 12.7. The summed E-state index contributed by atoms with van der Waals surface area (Å²) in [6.07, 6.45) is 0. The Kier molecular flexibility index (Phi) is 5.99. The van der Waals surface area contributed by atoms with Crippen LogP contribution in [0.3, 0.4) is 0 Å². The average Bonchev–Trinajstić information content (AvgIpc) is 3.41. The molecule has 0 spiro atoms. The molecule has 1 aliphatic carbocycles. The molecule has 0 saturated heterocycles. The quantitative estimate of drug-likeness (QED) is 0.210. The van der Waals surface area contributed by atoms with Crippen LogP contribution < -0.4 is 0 Å². The zero-order valence-corrected chi connectivity index (χ0v) is 25.1. The van der Waals surface area contributed by atoms with E-state index in [0.717, 1.165) is 38.6 Å². The maximum atomic E-state index is 10.4. The van der Waals surface area contributed by atoms with E-state index in [0.29, 0.717) is 11.1 Å². The van der Waals surface area contributed by atoms with Crippen molar-refractivity contribution < 1.29 is 0 Å². The Labute approximate surface area is 262 Å². The van der Waals surface area contributed by atoms with Gasteiger partial charge in [0.2, 0.25) is 0 Å². The summed E-state index contributed by atoms with van der Waals surface area (Å²) in [6, 6.07) is 51.3. The molecule has 1 aromatic heterocycles. The molecule has 1 aliphatic rings. The van der Waals surface area contributed by atoms with E-state index in [4.69, 9.17) is 0 Å². The fraction of sp³-hybridized carbons (Fsp3) is 0.0952. The summed E-state index contributed by atoms with van der Waals surface area (Å²) in [5.74, 6) is 0.135. The summed E-state index contributed by atoms with van der Waals surface area (Å²) in [5, 5.41) is 22.0. The van der Waals surface area contributed by atoms with Crippen molar-refractivity contribution in [1.82, 2.24) is 4.57 Å². The van der Waals surface area contributed by atoms with E-state index in [1.165, 1.54) is 27.8 Å². The van der Waals surface area contributed by atoms with E-state index in [1.54, 1.807) is 0 Å². The molecule has 0 N–H and O–H groups in total. The van der Waals surface area contributed by atoms with Crippen LogP contribution in [0.1, 0.15) is 58.7 Å². The zero-order chi connectivity index (χ0) is 30.7. The Morgan fingerprint density at radius 2 is 1.24 bits per heavy atom. The van der Waals surface area contributed by atoms with Crippen LogP contribution in [0, 0.1) is 22.7 Å². The van der Waals surface area contributed by atoms with E-state index in [-0.39, 0.29) is 11.3 Å². The van der Waals surface area contributed by atoms with Crippen molar-refractivity contribution in [2.45, 2.75) is 25.2 Å². The molecular weight excluding hydrogens is 546 g/mol. The Bertz CT molecular complexity index is 2330. The monoisotopic (exact) mass is 575 g/mol. The number of rotatable bonds is 3. The molecule has 0 aliphatic heterocycles. The molecule has 0 unspecified atom stereocenters. The lowest BCUT2D eigenvalue weighted by Crippen LogP contribution is -2.29. The predicted molar refractivity (Wildman–Crippen MR) is 182 cm³/mol. The first kappa shape index (κ1) is 26.7. The molecule has 0 bridgehead atoms. The fourth-order valence-electron chi connectivity index (χ4n) is 7.55. The lowest BCUT2D eigenvalue weighted by molar-refractivity contribution is 0.597. The molecule has 45 heavy (non-hydrogen) atoms. The van der Waals surface area contributed by atoms with Crippen LogP contribution in [-0.4, -0.2) is 4.57 Å². The Morgan fingerprint density at radius 1 is 0.600 bits per heavy atom. The summed E-state index contributed by atoms with van der Waals surface area (Å²) < 4.78 is 2.18. The number of nitrogens with zero attached hydrogens (tertiary/aromatic N) is 3. The van der Waals surface area contributed by atoms with Gasteiger partial charge in [0, 0.05) is 27.7 Å². The molecule has 6 aromatic carbocycles. The molecule has 3 heteroatoms. The molecular formula is C42H29N3. The number of aromatic nitrogens is 1. The Balaban J connectivity index is 1.32.